The van der Waals surface area contributed by atoms with Crippen LogP contribution < -0.4 is 15.8 Å². The summed E-state index contributed by atoms with van der Waals surface area (Å²) in [6.45, 7) is 2.70. The molecule has 1 unspecified atom stereocenters. The lowest BCUT2D eigenvalue weighted by molar-refractivity contribution is -0.121. The van der Waals surface area contributed by atoms with Gasteiger partial charge < -0.3 is 15.8 Å². The van der Waals surface area contributed by atoms with Crippen LogP contribution in [0.5, 0.6) is 5.75 Å². The van der Waals surface area contributed by atoms with Crippen molar-refractivity contribution >= 4 is 11.8 Å². The summed E-state index contributed by atoms with van der Waals surface area (Å²) < 4.78 is 6.93. The van der Waals surface area contributed by atoms with Gasteiger partial charge in [-0.3, -0.25) is 14.3 Å². The molecular weight excluding hydrogens is 308 g/mol. The summed E-state index contributed by atoms with van der Waals surface area (Å²) in [4.78, 5) is 23.7. The molecule has 0 spiro atoms. The minimum atomic E-state index is -0.483. The monoisotopic (exact) mass is 330 g/mol. The second kappa shape index (κ2) is 8.14. The van der Waals surface area contributed by atoms with Gasteiger partial charge in [0.15, 0.2) is 0 Å². The highest BCUT2D eigenvalue weighted by molar-refractivity contribution is 5.94. The smallest absolute Gasteiger partial charge is 0.254 e. The van der Waals surface area contributed by atoms with Gasteiger partial charge in [0.25, 0.3) is 5.91 Å². The Morgan fingerprint density at radius 2 is 2.04 bits per heavy atom. The van der Waals surface area contributed by atoms with Crippen LogP contribution in [0, 0.1) is 5.92 Å². The van der Waals surface area contributed by atoms with E-state index in [-0.39, 0.29) is 12.5 Å². The molecule has 0 bridgehead atoms. The second-order valence-corrected chi connectivity index (χ2v) is 5.49. The molecule has 0 radical (unpaired) electrons. The largest absolute Gasteiger partial charge is 0.494 e. The van der Waals surface area contributed by atoms with Crippen molar-refractivity contribution in [3.8, 4) is 5.75 Å². The Hall–Kier alpha value is -2.83. The van der Waals surface area contributed by atoms with E-state index >= 15 is 0 Å². The lowest BCUT2D eigenvalue weighted by Crippen LogP contribution is -2.37. The highest BCUT2D eigenvalue weighted by Crippen LogP contribution is 2.15. The molecule has 128 valence electrons. The summed E-state index contributed by atoms with van der Waals surface area (Å²) in [5.74, 6) is -0.429. The molecule has 0 aliphatic heterocycles. The van der Waals surface area contributed by atoms with Crippen LogP contribution in [0.2, 0.25) is 0 Å². The van der Waals surface area contributed by atoms with Crippen LogP contribution in [0.4, 0.5) is 0 Å². The normalized spacial score (nSPS) is 11.8. The van der Waals surface area contributed by atoms with Crippen LogP contribution in [0.1, 0.15) is 22.8 Å². The van der Waals surface area contributed by atoms with Gasteiger partial charge in [-0.25, -0.2) is 0 Å². The molecule has 0 aliphatic rings. The predicted octanol–water partition coefficient (Wildman–Crippen LogP) is 0.893. The van der Waals surface area contributed by atoms with Gasteiger partial charge in [0.1, 0.15) is 5.75 Å². The number of carbonyl (C=O) groups excluding carboxylic acids is 2. The first-order valence-corrected chi connectivity index (χ1v) is 7.77. The number of ether oxygens (including phenoxy) is 1. The number of aromatic nitrogens is 2. The molecule has 1 aromatic carbocycles. The Balaban J connectivity index is 1.94. The minimum absolute atomic E-state index is 0.177. The maximum Gasteiger partial charge on any atom is 0.254 e. The van der Waals surface area contributed by atoms with E-state index in [0.29, 0.717) is 18.6 Å². The fourth-order valence-corrected chi connectivity index (χ4v) is 2.30. The number of aryl methyl sites for hydroxylation is 1. The first-order chi connectivity index (χ1) is 11.5. The van der Waals surface area contributed by atoms with Gasteiger partial charge in [-0.1, -0.05) is 12.1 Å². The van der Waals surface area contributed by atoms with E-state index in [1.54, 1.807) is 17.9 Å². The summed E-state index contributed by atoms with van der Waals surface area (Å²) in [6.07, 6.45) is 3.54. The quantitative estimate of drug-likeness (QED) is 0.751. The zero-order valence-electron chi connectivity index (χ0n) is 13.9. The van der Waals surface area contributed by atoms with Crippen LogP contribution in [-0.2, 0) is 18.3 Å². The van der Waals surface area contributed by atoms with Crippen LogP contribution >= 0.6 is 0 Å². The van der Waals surface area contributed by atoms with Gasteiger partial charge >= 0.3 is 0 Å². The van der Waals surface area contributed by atoms with Gasteiger partial charge in [-0.05, 0) is 31.0 Å². The molecule has 7 heteroatoms. The standard InChI is InChI=1S/C17H22N4O3/c1-3-24-15-6-4-12(5-7-15)8-13(16(18)22)9-19-17(23)14-10-20-21(2)11-14/h4-7,10-11,13H,3,8-9H2,1-2H3,(H2,18,22)(H,19,23). The number of nitrogens with zero attached hydrogens (tertiary/aromatic N) is 2. The number of rotatable bonds is 8. The van der Waals surface area contributed by atoms with Crippen LogP contribution in [0.25, 0.3) is 0 Å². The number of nitrogens with one attached hydrogen (secondary N) is 1. The zero-order chi connectivity index (χ0) is 17.5. The SMILES string of the molecule is CCOc1ccc(CC(CNC(=O)c2cnn(C)c2)C(N)=O)cc1. The van der Waals surface area contributed by atoms with Gasteiger partial charge in [-0.2, -0.15) is 5.10 Å². The molecular formula is C17H22N4O3. The maximum absolute atomic E-state index is 12.0. The minimum Gasteiger partial charge on any atom is -0.494 e. The molecule has 1 heterocycles. The number of amides is 2. The van der Waals surface area contributed by atoms with Crippen molar-refractivity contribution in [1.82, 2.24) is 15.1 Å². The molecule has 1 aromatic heterocycles. The highest BCUT2D eigenvalue weighted by Gasteiger charge is 2.18. The van der Waals surface area contributed by atoms with E-state index in [0.717, 1.165) is 11.3 Å². The van der Waals surface area contributed by atoms with Crippen molar-refractivity contribution < 1.29 is 14.3 Å². The summed E-state index contributed by atoms with van der Waals surface area (Å²) >= 11 is 0. The maximum atomic E-state index is 12.0. The number of hydrogen-bond donors (Lipinski definition) is 2. The summed E-state index contributed by atoms with van der Waals surface area (Å²) in [5, 5.41) is 6.67. The molecule has 2 aromatic rings. The third-order valence-corrected chi connectivity index (χ3v) is 3.59. The van der Waals surface area contributed by atoms with Gasteiger partial charge in [0.05, 0.1) is 24.3 Å². The molecule has 1 atom stereocenters. The lowest BCUT2D eigenvalue weighted by atomic mass is 9.98. The number of benzene rings is 1. The molecule has 0 saturated heterocycles. The van der Waals surface area contributed by atoms with E-state index in [2.05, 4.69) is 10.4 Å². The average molecular weight is 330 g/mol. The van der Waals surface area contributed by atoms with Gasteiger partial charge in [-0.15, -0.1) is 0 Å². The molecule has 0 saturated carbocycles. The van der Waals surface area contributed by atoms with E-state index in [4.69, 9.17) is 10.5 Å². The van der Waals surface area contributed by atoms with Crippen molar-refractivity contribution in [3.05, 3.63) is 47.8 Å². The summed E-state index contributed by atoms with van der Waals surface area (Å²) in [6, 6.07) is 7.49. The van der Waals surface area contributed by atoms with Crippen molar-refractivity contribution in [1.29, 1.82) is 0 Å². The van der Waals surface area contributed by atoms with Crippen molar-refractivity contribution in [2.45, 2.75) is 13.3 Å². The Morgan fingerprint density at radius 1 is 1.33 bits per heavy atom. The molecule has 0 fully saturated rings. The Kier molecular flexibility index (Phi) is 5.95. The van der Waals surface area contributed by atoms with E-state index in [1.165, 1.54) is 6.20 Å². The predicted molar refractivity (Wildman–Crippen MR) is 89.5 cm³/mol. The third-order valence-electron chi connectivity index (χ3n) is 3.59. The molecule has 24 heavy (non-hydrogen) atoms. The topological polar surface area (TPSA) is 99.2 Å². The van der Waals surface area contributed by atoms with Gasteiger partial charge in [0, 0.05) is 19.8 Å². The Bertz CT molecular complexity index is 694. The molecule has 2 amide bonds. The molecule has 3 N–H and O–H groups in total. The van der Waals surface area contributed by atoms with Crippen molar-refractivity contribution in [3.63, 3.8) is 0 Å². The number of carbonyl (C=O) groups is 2. The fraction of sp³-hybridized carbons (Fsp3) is 0.353. The number of nitrogens with two attached hydrogens (primary N) is 1. The molecule has 2 rings (SSSR count). The highest BCUT2D eigenvalue weighted by atomic mass is 16.5. The molecule has 0 aliphatic carbocycles. The Morgan fingerprint density at radius 3 is 2.58 bits per heavy atom. The van der Waals surface area contributed by atoms with Crippen molar-refractivity contribution in [2.24, 2.45) is 18.7 Å². The first kappa shape index (κ1) is 17.5. The number of primary amides is 1. The third kappa shape index (κ3) is 4.84. The van der Waals surface area contributed by atoms with Crippen LogP contribution in [0.15, 0.2) is 36.7 Å². The van der Waals surface area contributed by atoms with Crippen LogP contribution in [-0.4, -0.2) is 34.7 Å². The van der Waals surface area contributed by atoms with Crippen molar-refractivity contribution in [2.75, 3.05) is 13.2 Å². The van der Waals surface area contributed by atoms with E-state index in [9.17, 15) is 9.59 Å². The first-order valence-electron chi connectivity index (χ1n) is 7.77. The molecule has 7 nitrogen and oxygen atoms in total. The summed E-state index contributed by atoms with van der Waals surface area (Å²) in [5.41, 5.74) is 6.86. The van der Waals surface area contributed by atoms with Gasteiger partial charge in [0.2, 0.25) is 5.91 Å². The lowest BCUT2D eigenvalue weighted by Gasteiger charge is -2.14. The average Bonchev–Trinajstić information content (AvgIpc) is 2.99. The second-order valence-electron chi connectivity index (χ2n) is 5.49. The van der Waals surface area contributed by atoms with E-state index in [1.807, 2.05) is 31.2 Å². The van der Waals surface area contributed by atoms with E-state index < -0.39 is 11.8 Å². The Labute approximate surface area is 140 Å². The zero-order valence-corrected chi connectivity index (χ0v) is 13.9. The fourth-order valence-electron chi connectivity index (χ4n) is 2.30. The number of hydrogen-bond acceptors (Lipinski definition) is 4. The van der Waals surface area contributed by atoms with Crippen LogP contribution in [0.3, 0.4) is 0 Å². The summed E-state index contributed by atoms with van der Waals surface area (Å²) in [7, 11) is 1.73.